The van der Waals surface area contributed by atoms with Gasteiger partial charge in [-0.05, 0) is 74.2 Å². The summed E-state index contributed by atoms with van der Waals surface area (Å²) in [5, 5.41) is 18.8. The molecule has 3 heterocycles. The van der Waals surface area contributed by atoms with Gasteiger partial charge in [-0.2, -0.15) is 10.4 Å². The number of piperidine rings is 1. The monoisotopic (exact) mass is 600 g/mol. The van der Waals surface area contributed by atoms with Crippen molar-refractivity contribution in [2.24, 2.45) is 18.9 Å². The first kappa shape index (κ1) is 31.0. The number of aromatic nitrogens is 2. The van der Waals surface area contributed by atoms with Gasteiger partial charge in [0, 0.05) is 62.8 Å². The van der Waals surface area contributed by atoms with Crippen molar-refractivity contribution in [3.05, 3.63) is 72.4 Å². The second kappa shape index (κ2) is 14.3. The summed E-state index contributed by atoms with van der Waals surface area (Å²) in [6.45, 7) is 7.33. The summed E-state index contributed by atoms with van der Waals surface area (Å²) in [6, 6.07) is 23.8. The average Bonchev–Trinajstić information content (AvgIpc) is 3.43. The van der Waals surface area contributed by atoms with Crippen LogP contribution >= 0.6 is 11.8 Å². The fourth-order valence-electron chi connectivity index (χ4n) is 6.71. The smallest absolute Gasteiger partial charge is 0.407 e. The number of ether oxygens (including phenoxy) is 1. The molecule has 0 radical (unpaired) electrons. The Labute approximate surface area is 260 Å². The maximum atomic E-state index is 12.1. The summed E-state index contributed by atoms with van der Waals surface area (Å²) in [7, 11) is 3.52. The maximum absolute atomic E-state index is 12.1. The van der Waals surface area contributed by atoms with Crippen molar-refractivity contribution < 1.29 is 9.53 Å². The van der Waals surface area contributed by atoms with Gasteiger partial charge in [0.1, 0.15) is 11.1 Å². The largest absolute Gasteiger partial charge is 0.446 e. The predicted octanol–water partition coefficient (Wildman–Crippen LogP) is 6.10. The zero-order chi connectivity index (χ0) is 30.2. The fraction of sp³-hybridized carbons (Fsp3) is 0.500. The number of carbonyl (C=O) groups is 1. The van der Waals surface area contributed by atoms with Crippen LogP contribution in [0.4, 0.5) is 10.5 Å². The lowest BCUT2D eigenvalue weighted by Gasteiger charge is -2.46. The third kappa shape index (κ3) is 7.54. The van der Waals surface area contributed by atoms with E-state index in [1.54, 1.807) is 18.8 Å². The number of hydrogen-bond acceptors (Lipinski definition) is 7. The Balaban J connectivity index is 1.15. The molecule has 228 valence electrons. The molecule has 0 bridgehead atoms. The van der Waals surface area contributed by atoms with Gasteiger partial charge < -0.3 is 19.9 Å². The van der Waals surface area contributed by atoms with Crippen LogP contribution in [0.3, 0.4) is 0 Å². The number of nitrogens with zero attached hydrogens (tertiary/aromatic N) is 5. The molecule has 1 amide bonds. The Morgan fingerprint density at radius 2 is 1.86 bits per heavy atom. The number of rotatable bonds is 12. The van der Waals surface area contributed by atoms with Crippen LogP contribution < -0.4 is 10.2 Å². The Morgan fingerprint density at radius 1 is 1.14 bits per heavy atom. The quantitative estimate of drug-likeness (QED) is 0.269. The van der Waals surface area contributed by atoms with Gasteiger partial charge >= 0.3 is 6.09 Å². The Kier molecular flexibility index (Phi) is 10.3. The molecule has 2 fully saturated rings. The standard InChI is InChI=1S/C34H44N6O2S/c1-4-8-30(42-33(41)36-2)21-34(25-35,27-9-6-5-7-10-27)28-15-19-39(20-16-28)22-26-23-40(24-26)29-11-13-31(14-12-29)43-32-17-18-38(3)37-32/h5-7,9-14,17-18,26,28,30H,4,8,15-16,19-24H2,1-3H3,(H,36,41). The van der Waals surface area contributed by atoms with Crippen LogP contribution in [0, 0.1) is 23.2 Å². The second-order valence-corrected chi connectivity index (χ2v) is 13.1. The van der Waals surface area contributed by atoms with Gasteiger partial charge in [0.05, 0.1) is 11.5 Å². The van der Waals surface area contributed by atoms with Gasteiger partial charge in [-0.25, -0.2) is 4.79 Å². The summed E-state index contributed by atoms with van der Waals surface area (Å²) < 4.78 is 7.59. The highest BCUT2D eigenvalue weighted by Crippen LogP contribution is 2.43. The zero-order valence-electron chi connectivity index (χ0n) is 25.6. The Hall–Kier alpha value is -3.48. The zero-order valence-corrected chi connectivity index (χ0v) is 26.4. The molecule has 2 unspecified atom stereocenters. The van der Waals surface area contributed by atoms with Crippen LogP contribution in [0.5, 0.6) is 0 Å². The molecule has 9 heteroatoms. The first-order valence-electron chi connectivity index (χ1n) is 15.5. The SMILES string of the molecule is CCCC(CC(C#N)(c1ccccc1)C1CCN(CC2CN(c3ccc(Sc4ccn(C)n4)cc3)C2)CC1)OC(=O)NC. The molecule has 1 aromatic heterocycles. The third-order valence-electron chi connectivity index (χ3n) is 9.00. The van der Waals surface area contributed by atoms with Gasteiger partial charge in [-0.1, -0.05) is 55.4 Å². The molecular weight excluding hydrogens is 556 g/mol. The number of likely N-dealkylation sites (tertiary alicyclic amines) is 1. The topological polar surface area (TPSA) is 86.4 Å². The van der Waals surface area contributed by atoms with Gasteiger partial charge in [0.2, 0.25) is 0 Å². The van der Waals surface area contributed by atoms with E-state index in [0.29, 0.717) is 12.3 Å². The van der Waals surface area contributed by atoms with Crippen molar-refractivity contribution >= 4 is 23.5 Å². The molecule has 2 aliphatic heterocycles. The van der Waals surface area contributed by atoms with E-state index in [4.69, 9.17) is 4.74 Å². The lowest BCUT2D eigenvalue weighted by Crippen LogP contribution is -2.53. The van der Waals surface area contributed by atoms with E-state index in [-0.39, 0.29) is 12.0 Å². The van der Waals surface area contributed by atoms with Crippen molar-refractivity contribution in [2.45, 2.75) is 60.5 Å². The number of nitrogens with one attached hydrogen (secondary N) is 1. The summed E-state index contributed by atoms with van der Waals surface area (Å²) in [5.74, 6) is 0.869. The van der Waals surface area contributed by atoms with Crippen molar-refractivity contribution in [1.29, 1.82) is 5.26 Å². The van der Waals surface area contributed by atoms with Gasteiger partial charge in [0.15, 0.2) is 0 Å². The molecule has 0 aliphatic carbocycles. The number of hydrogen-bond donors (Lipinski definition) is 1. The van der Waals surface area contributed by atoms with E-state index in [1.165, 1.54) is 10.6 Å². The van der Waals surface area contributed by atoms with E-state index >= 15 is 0 Å². The summed E-state index contributed by atoms with van der Waals surface area (Å²) in [4.78, 5) is 18.4. The van der Waals surface area contributed by atoms with Gasteiger partial charge in [0.25, 0.3) is 0 Å². The van der Waals surface area contributed by atoms with Crippen LogP contribution in [0.25, 0.3) is 0 Å². The highest BCUT2D eigenvalue weighted by Gasteiger charge is 2.45. The van der Waals surface area contributed by atoms with Crippen molar-refractivity contribution in [3.8, 4) is 6.07 Å². The first-order valence-corrected chi connectivity index (χ1v) is 16.3. The number of anilines is 1. The maximum Gasteiger partial charge on any atom is 0.407 e. The average molecular weight is 601 g/mol. The minimum absolute atomic E-state index is 0.212. The summed E-state index contributed by atoms with van der Waals surface area (Å²) >= 11 is 1.69. The van der Waals surface area contributed by atoms with Crippen LogP contribution in [0.15, 0.2) is 76.8 Å². The number of amides is 1. The summed E-state index contributed by atoms with van der Waals surface area (Å²) in [6.07, 6.45) is 5.33. The number of benzene rings is 2. The summed E-state index contributed by atoms with van der Waals surface area (Å²) in [5.41, 5.74) is 1.63. The molecule has 3 aromatic rings. The van der Waals surface area contributed by atoms with Crippen LogP contribution in [0.2, 0.25) is 0 Å². The van der Waals surface area contributed by atoms with Crippen LogP contribution in [-0.4, -0.2) is 66.6 Å². The van der Waals surface area contributed by atoms with Crippen molar-refractivity contribution in [2.75, 3.05) is 44.7 Å². The highest BCUT2D eigenvalue weighted by molar-refractivity contribution is 7.99. The van der Waals surface area contributed by atoms with Crippen LogP contribution in [0.1, 0.15) is 44.6 Å². The number of carbonyl (C=O) groups excluding carboxylic acids is 1. The van der Waals surface area contributed by atoms with Gasteiger partial charge in [-0.3, -0.25) is 4.68 Å². The second-order valence-electron chi connectivity index (χ2n) is 12.0. The Bertz CT molecular complexity index is 1360. The van der Waals surface area contributed by atoms with E-state index in [2.05, 4.69) is 69.6 Å². The Morgan fingerprint density at radius 3 is 2.47 bits per heavy atom. The molecular formula is C34H44N6O2S. The van der Waals surface area contributed by atoms with E-state index < -0.39 is 11.5 Å². The van der Waals surface area contributed by atoms with E-state index in [1.807, 2.05) is 42.2 Å². The van der Waals surface area contributed by atoms with Gasteiger partial charge in [-0.15, -0.1) is 0 Å². The lowest BCUT2D eigenvalue weighted by molar-refractivity contribution is 0.0578. The minimum Gasteiger partial charge on any atom is -0.446 e. The molecule has 5 rings (SSSR count). The predicted molar refractivity (Wildman–Crippen MR) is 171 cm³/mol. The molecule has 2 aliphatic rings. The minimum atomic E-state index is -0.685. The molecule has 2 saturated heterocycles. The highest BCUT2D eigenvalue weighted by atomic mass is 32.2. The molecule has 2 atom stereocenters. The molecule has 0 spiro atoms. The molecule has 2 aromatic carbocycles. The first-order chi connectivity index (χ1) is 20.9. The third-order valence-corrected chi connectivity index (χ3v) is 9.93. The van der Waals surface area contributed by atoms with Crippen LogP contribution in [-0.2, 0) is 17.2 Å². The number of nitriles is 1. The molecule has 43 heavy (non-hydrogen) atoms. The molecule has 0 saturated carbocycles. The van der Waals surface area contributed by atoms with E-state index in [0.717, 1.165) is 69.0 Å². The van der Waals surface area contributed by atoms with Crippen molar-refractivity contribution in [3.63, 3.8) is 0 Å². The number of aryl methyl sites for hydroxylation is 1. The lowest BCUT2D eigenvalue weighted by atomic mass is 9.64. The fourth-order valence-corrected chi connectivity index (χ4v) is 7.53. The normalized spacial score (nSPS) is 18.3. The molecule has 1 N–H and O–H groups in total. The van der Waals surface area contributed by atoms with Crippen molar-refractivity contribution in [1.82, 2.24) is 20.0 Å². The molecule has 8 nitrogen and oxygen atoms in total. The van der Waals surface area contributed by atoms with E-state index in [9.17, 15) is 10.1 Å². The number of alkyl carbamates (subject to hydrolysis) is 1.